The van der Waals surface area contributed by atoms with Crippen molar-refractivity contribution in [1.29, 1.82) is 0 Å². The van der Waals surface area contributed by atoms with E-state index in [4.69, 9.17) is 18.6 Å². The van der Waals surface area contributed by atoms with Gasteiger partial charge in [-0.1, -0.05) is 0 Å². The van der Waals surface area contributed by atoms with Crippen LogP contribution in [0.4, 0.5) is 0 Å². The Balaban J connectivity index is 1.85. The van der Waals surface area contributed by atoms with Crippen molar-refractivity contribution in [2.75, 3.05) is 21.3 Å². The van der Waals surface area contributed by atoms with E-state index in [2.05, 4.69) is 0 Å². The van der Waals surface area contributed by atoms with Crippen molar-refractivity contribution in [1.82, 2.24) is 0 Å². The summed E-state index contributed by atoms with van der Waals surface area (Å²) in [5.41, 5.74) is 3.02. The van der Waals surface area contributed by atoms with Crippen LogP contribution in [0.5, 0.6) is 11.5 Å². The minimum Gasteiger partial charge on any atom is -0.497 e. The third-order valence-electron chi connectivity index (χ3n) is 5.11. The van der Waals surface area contributed by atoms with Crippen LogP contribution in [-0.4, -0.2) is 27.3 Å². The number of methoxy groups -OCH3 is 3. The van der Waals surface area contributed by atoms with Crippen molar-refractivity contribution >= 4 is 28.6 Å². The zero-order valence-corrected chi connectivity index (χ0v) is 16.4. The number of hydrogen-bond donors (Lipinski definition) is 0. The fourth-order valence-corrected chi connectivity index (χ4v) is 3.62. The molecule has 0 saturated carbocycles. The van der Waals surface area contributed by atoms with E-state index in [1.807, 2.05) is 24.3 Å². The maximum absolute atomic E-state index is 13.0. The van der Waals surface area contributed by atoms with Crippen molar-refractivity contribution in [3.05, 3.63) is 69.1 Å². The molecule has 3 aromatic rings. The Morgan fingerprint density at radius 3 is 2.59 bits per heavy atom. The molecule has 148 valence electrons. The first kappa shape index (κ1) is 18.8. The van der Waals surface area contributed by atoms with Crippen molar-refractivity contribution in [3.63, 3.8) is 0 Å². The summed E-state index contributed by atoms with van der Waals surface area (Å²) in [6.45, 7) is 0. The number of allylic oxidation sites excluding steroid dienone is 1. The Kier molecular flexibility index (Phi) is 4.84. The Labute approximate surface area is 167 Å². The number of carbonyl (C=O) groups excluding carboxylic acids is 1. The van der Waals surface area contributed by atoms with E-state index in [0.29, 0.717) is 52.2 Å². The standard InChI is InChI=1S/C23H20O6/c1-26-16-6-9-19(27-2)15(11-16)10-13-4-7-17-21(24)18-12-14(23(25)28-3)5-8-20(18)29-22(13)17/h5-6,8-12H,4,7H2,1-3H3. The highest BCUT2D eigenvalue weighted by Crippen LogP contribution is 2.36. The molecule has 6 nitrogen and oxygen atoms in total. The van der Waals surface area contributed by atoms with Gasteiger partial charge in [-0.05, 0) is 60.9 Å². The number of benzene rings is 2. The van der Waals surface area contributed by atoms with Gasteiger partial charge in [-0.25, -0.2) is 4.79 Å². The first-order valence-electron chi connectivity index (χ1n) is 9.16. The molecule has 0 N–H and O–H groups in total. The quantitative estimate of drug-likeness (QED) is 0.623. The number of carbonyl (C=O) groups is 1. The van der Waals surface area contributed by atoms with E-state index in [-0.39, 0.29) is 5.43 Å². The summed E-state index contributed by atoms with van der Waals surface area (Å²) in [6.07, 6.45) is 3.22. The van der Waals surface area contributed by atoms with Gasteiger partial charge >= 0.3 is 5.97 Å². The number of hydrogen-bond acceptors (Lipinski definition) is 6. The van der Waals surface area contributed by atoms with Crippen LogP contribution >= 0.6 is 0 Å². The van der Waals surface area contributed by atoms with Gasteiger partial charge in [-0.2, -0.15) is 0 Å². The van der Waals surface area contributed by atoms with Crippen molar-refractivity contribution in [2.45, 2.75) is 12.8 Å². The predicted octanol–water partition coefficient (Wildman–Crippen LogP) is 4.08. The highest BCUT2D eigenvalue weighted by Gasteiger charge is 2.25. The monoisotopic (exact) mass is 392 g/mol. The van der Waals surface area contributed by atoms with E-state index in [9.17, 15) is 9.59 Å². The summed E-state index contributed by atoms with van der Waals surface area (Å²) in [7, 11) is 4.53. The first-order valence-corrected chi connectivity index (χ1v) is 9.16. The van der Waals surface area contributed by atoms with Crippen LogP contribution in [0.15, 0.2) is 45.6 Å². The molecule has 29 heavy (non-hydrogen) atoms. The average Bonchev–Trinajstić information content (AvgIpc) is 3.15. The maximum atomic E-state index is 13.0. The Morgan fingerprint density at radius 1 is 1.03 bits per heavy atom. The summed E-state index contributed by atoms with van der Waals surface area (Å²) in [6, 6.07) is 10.3. The van der Waals surface area contributed by atoms with E-state index in [1.165, 1.54) is 13.2 Å². The fourth-order valence-electron chi connectivity index (χ4n) is 3.62. The molecule has 0 amide bonds. The van der Waals surface area contributed by atoms with Crippen LogP contribution < -0.4 is 14.9 Å². The Morgan fingerprint density at radius 2 is 1.86 bits per heavy atom. The molecule has 0 saturated heterocycles. The summed E-state index contributed by atoms with van der Waals surface area (Å²) in [5.74, 6) is 1.51. The Hall–Kier alpha value is -3.54. The van der Waals surface area contributed by atoms with Gasteiger partial charge < -0.3 is 18.6 Å². The van der Waals surface area contributed by atoms with Crippen LogP contribution in [0.3, 0.4) is 0 Å². The maximum Gasteiger partial charge on any atom is 0.337 e. The smallest absolute Gasteiger partial charge is 0.337 e. The van der Waals surface area contributed by atoms with Gasteiger partial charge in [0.15, 0.2) is 5.43 Å². The topological polar surface area (TPSA) is 75.0 Å². The molecule has 0 unspecified atom stereocenters. The molecule has 0 radical (unpaired) electrons. The second kappa shape index (κ2) is 7.47. The minimum absolute atomic E-state index is 0.118. The van der Waals surface area contributed by atoms with Gasteiger partial charge in [-0.3, -0.25) is 4.79 Å². The average molecular weight is 392 g/mol. The van der Waals surface area contributed by atoms with Crippen molar-refractivity contribution < 1.29 is 23.4 Å². The van der Waals surface area contributed by atoms with Crippen molar-refractivity contribution in [2.24, 2.45) is 0 Å². The first-order chi connectivity index (χ1) is 14.0. The van der Waals surface area contributed by atoms with E-state index < -0.39 is 5.97 Å². The van der Waals surface area contributed by atoms with Gasteiger partial charge in [0.25, 0.3) is 0 Å². The molecule has 0 bridgehead atoms. The van der Waals surface area contributed by atoms with E-state index >= 15 is 0 Å². The number of ether oxygens (including phenoxy) is 3. The van der Waals surface area contributed by atoms with Crippen LogP contribution in [0, 0.1) is 0 Å². The molecule has 6 heteroatoms. The van der Waals surface area contributed by atoms with Gasteiger partial charge in [-0.15, -0.1) is 0 Å². The molecule has 4 rings (SSSR count). The normalized spacial score (nSPS) is 14.1. The zero-order valence-electron chi connectivity index (χ0n) is 16.4. The van der Waals surface area contributed by atoms with E-state index in [1.54, 1.807) is 26.4 Å². The molecule has 1 heterocycles. The lowest BCUT2D eigenvalue weighted by Gasteiger charge is -2.09. The lowest BCUT2D eigenvalue weighted by Crippen LogP contribution is -2.10. The van der Waals surface area contributed by atoms with Crippen LogP contribution in [0.2, 0.25) is 0 Å². The van der Waals surface area contributed by atoms with Crippen molar-refractivity contribution in [3.8, 4) is 11.5 Å². The summed E-state index contributed by atoms with van der Waals surface area (Å²) in [4.78, 5) is 24.8. The second-order valence-corrected chi connectivity index (χ2v) is 6.72. The molecule has 0 aliphatic heterocycles. The van der Waals surface area contributed by atoms with Crippen LogP contribution in [0.25, 0.3) is 22.6 Å². The fraction of sp³-hybridized carbons (Fsp3) is 0.217. The molecule has 1 aromatic heterocycles. The molecule has 1 aliphatic carbocycles. The number of rotatable bonds is 4. The second-order valence-electron chi connectivity index (χ2n) is 6.72. The summed E-state index contributed by atoms with van der Waals surface area (Å²) in [5, 5.41) is 0.381. The van der Waals surface area contributed by atoms with Gasteiger partial charge in [0.2, 0.25) is 0 Å². The van der Waals surface area contributed by atoms with E-state index in [0.717, 1.165) is 11.1 Å². The Bertz CT molecular complexity index is 1200. The van der Waals surface area contributed by atoms with Crippen LogP contribution in [-0.2, 0) is 11.2 Å². The molecule has 0 fully saturated rings. The molecule has 0 atom stereocenters. The number of fused-ring (bicyclic) bond motifs is 2. The summed E-state index contributed by atoms with van der Waals surface area (Å²) >= 11 is 0. The molecular formula is C23H20O6. The molecule has 2 aromatic carbocycles. The number of esters is 1. The lowest BCUT2D eigenvalue weighted by atomic mass is 10.1. The van der Waals surface area contributed by atoms with Gasteiger partial charge in [0.05, 0.1) is 32.3 Å². The SMILES string of the molecule is COC(=O)c1ccc2oc3c(c(=O)c2c1)CCC3=Cc1cc(OC)ccc1OC. The molecule has 1 aliphatic rings. The minimum atomic E-state index is -0.488. The van der Waals surface area contributed by atoms with Crippen LogP contribution in [0.1, 0.15) is 33.7 Å². The largest absolute Gasteiger partial charge is 0.497 e. The summed E-state index contributed by atoms with van der Waals surface area (Å²) < 4.78 is 21.6. The lowest BCUT2D eigenvalue weighted by molar-refractivity contribution is 0.0601. The zero-order chi connectivity index (χ0) is 20.5. The highest BCUT2D eigenvalue weighted by atomic mass is 16.5. The third-order valence-corrected chi connectivity index (χ3v) is 5.11. The molecular weight excluding hydrogens is 372 g/mol. The highest BCUT2D eigenvalue weighted by molar-refractivity contribution is 5.95. The third kappa shape index (κ3) is 3.27. The molecule has 0 spiro atoms. The predicted molar refractivity (Wildman–Crippen MR) is 110 cm³/mol. The van der Waals surface area contributed by atoms with Gasteiger partial charge in [0, 0.05) is 11.1 Å². The van der Waals surface area contributed by atoms with Gasteiger partial charge in [0.1, 0.15) is 22.8 Å².